The molecule has 246 valence electrons. The van der Waals surface area contributed by atoms with Gasteiger partial charge >= 0.3 is 0 Å². The summed E-state index contributed by atoms with van der Waals surface area (Å²) in [6, 6.07) is 12.1. The number of non-ortho nitro benzene ring substituents is 1. The fraction of sp³-hybridized carbons (Fsp3) is 0.424. The second-order valence-corrected chi connectivity index (χ2v) is 17.5. The number of aromatic nitrogens is 4. The van der Waals surface area contributed by atoms with E-state index < -0.39 is 13.2 Å². The summed E-state index contributed by atoms with van der Waals surface area (Å²) in [6.45, 7) is 14.2. The highest BCUT2D eigenvalue weighted by molar-refractivity contribution is 6.77. The Bertz CT molecular complexity index is 1620. The molecule has 13 heteroatoms. The molecule has 0 aliphatic rings. The topological polar surface area (TPSA) is 126 Å². The van der Waals surface area contributed by atoms with Crippen LogP contribution in [-0.4, -0.2) is 53.6 Å². The van der Waals surface area contributed by atoms with E-state index in [1.165, 1.54) is 37.4 Å². The lowest BCUT2D eigenvalue weighted by molar-refractivity contribution is -0.384. The Labute approximate surface area is 270 Å². The van der Waals surface area contributed by atoms with Crippen LogP contribution < -0.4 is 10.1 Å². The van der Waals surface area contributed by atoms with Crippen LogP contribution in [-0.2, 0) is 22.3 Å². The molecule has 0 aliphatic heterocycles. The lowest BCUT2D eigenvalue weighted by atomic mass is 10.1. The van der Waals surface area contributed by atoms with E-state index in [1.54, 1.807) is 31.5 Å². The molecule has 4 aromatic rings. The Morgan fingerprint density at radius 3 is 2.24 bits per heavy atom. The molecular weight excluding hydrogens is 607 g/mol. The van der Waals surface area contributed by atoms with Crippen molar-refractivity contribution in [1.29, 1.82) is 0 Å². The average molecular weight is 651 g/mol. The number of nitrogens with one attached hydrogen (secondary N) is 1. The maximum Gasteiger partial charge on any atom is 0.271 e. The number of benzene rings is 2. The predicted molar refractivity (Wildman–Crippen MR) is 179 cm³/mol. The molecule has 0 saturated carbocycles. The van der Waals surface area contributed by atoms with Crippen LogP contribution in [0.4, 0.5) is 21.7 Å². The van der Waals surface area contributed by atoms with Crippen LogP contribution in [0.3, 0.4) is 0 Å². The van der Waals surface area contributed by atoms with E-state index >= 15 is 0 Å². The number of hydrogen-bond acceptors (Lipinski definition) is 9. The van der Waals surface area contributed by atoms with Gasteiger partial charge in [0.25, 0.3) is 5.69 Å². The van der Waals surface area contributed by atoms with Gasteiger partial charge in [-0.25, -0.2) is 19.3 Å². The van der Waals surface area contributed by atoms with Gasteiger partial charge in [0, 0.05) is 44.0 Å². The summed E-state index contributed by atoms with van der Waals surface area (Å²) in [6.07, 6.45) is 2.11. The fourth-order valence-electron chi connectivity index (χ4n) is 6.42. The third-order valence-electron chi connectivity index (χ3n) is 8.35. The Morgan fingerprint density at radius 2 is 1.65 bits per heavy atom. The number of rotatable bonds is 15. The molecule has 2 aromatic carbocycles. The lowest BCUT2D eigenvalue weighted by Crippen LogP contribution is -2.48. The number of halogens is 1. The monoisotopic (exact) mass is 650 g/mol. The van der Waals surface area contributed by atoms with Crippen molar-refractivity contribution in [3.63, 3.8) is 0 Å². The van der Waals surface area contributed by atoms with Crippen LogP contribution >= 0.6 is 0 Å². The smallest absolute Gasteiger partial charge is 0.271 e. The Kier molecular flexibility index (Phi) is 11.2. The zero-order chi connectivity index (χ0) is 33.6. The number of nitro groups is 1. The molecule has 2 heterocycles. The zero-order valence-corrected chi connectivity index (χ0v) is 28.7. The summed E-state index contributed by atoms with van der Waals surface area (Å²) in [5, 5.41) is 14.5. The third kappa shape index (κ3) is 7.27. The van der Waals surface area contributed by atoms with Crippen molar-refractivity contribution < 1.29 is 23.2 Å². The molecule has 0 bridgehead atoms. The highest BCUT2D eigenvalue weighted by Crippen LogP contribution is 2.42. The van der Waals surface area contributed by atoms with Gasteiger partial charge in [0.2, 0.25) is 5.95 Å². The van der Waals surface area contributed by atoms with Crippen molar-refractivity contribution in [2.75, 3.05) is 26.1 Å². The van der Waals surface area contributed by atoms with E-state index in [-0.39, 0.29) is 24.2 Å². The molecule has 0 amide bonds. The molecule has 11 nitrogen and oxygen atoms in total. The second kappa shape index (κ2) is 14.9. The first-order valence-electron chi connectivity index (χ1n) is 15.3. The van der Waals surface area contributed by atoms with Crippen molar-refractivity contribution >= 4 is 25.6 Å². The van der Waals surface area contributed by atoms with Gasteiger partial charge < -0.3 is 23.8 Å². The highest BCUT2D eigenvalue weighted by atomic mass is 28.4. The molecule has 0 radical (unpaired) electrons. The van der Waals surface area contributed by atoms with E-state index in [2.05, 4.69) is 51.8 Å². The van der Waals surface area contributed by atoms with Crippen LogP contribution in [0.1, 0.15) is 47.4 Å². The van der Waals surface area contributed by atoms with Crippen LogP contribution in [0.2, 0.25) is 16.6 Å². The molecule has 0 saturated heterocycles. The quantitative estimate of drug-likeness (QED) is 0.0770. The predicted octanol–water partition coefficient (Wildman–Crippen LogP) is 8.15. The van der Waals surface area contributed by atoms with E-state index in [4.69, 9.17) is 23.9 Å². The second-order valence-electron chi connectivity index (χ2n) is 12.0. The van der Waals surface area contributed by atoms with Gasteiger partial charge in [0.1, 0.15) is 24.1 Å². The SMILES string of the molecule is COCn1c(CCO[Si](C(C)C)(C(C)C)C(C)C)nc(-c2ccc(F)cc2)c1-c1ccnc(Nc2cc([N+](=O)[O-])ccc2OC)n1. The number of methoxy groups -OCH3 is 2. The average Bonchev–Trinajstić information content (AvgIpc) is 3.37. The van der Waals surface area contributed by atoms with Gasteiger partial charge in [-0.1, -0.05) is 41.5 Å². The number of imidazole rings is 1. The minimum Gasteiger partial charge on any atom is -0.495 e. The van der Waals surface area contributed by atoms with Crippen molar-refractivity contribution in [3.8, 4) is 28.4 Å². The normalized spacial score (nSPS) is 11.9. The molecule has 46 heavy (non-hydrogen) atoms. The summed E-state index contributed by atoms with van der Waals surface area (Å²) in [4.78, 5) is 25.1. The fourth-order valence-corrected chi connectivity index (χ4v) is 11.9. The molecular formula is C33H43FN6O5Si. The number of ether oxygens (including phenoxy) is 2. The summed E-state index contributed by atoms with van der Waals surface area (Å²) >= 11 is 0. The van der Waals surface area contributed by atoms with Gasteiger partial charge in [-0.15, -0.1) is 0 Å². The van der Waals surface area contributed by atoms with Gasteiger partial charge in [0.05, 0.1) is 34.8 Å². The molecule has 2 aromatic heterocycles. The van der Waals surface area contributed by atoms with E-state index in [1.807, 2.05) is 4.57 Å². The van der Waals surface area contributed by atoms with Gasteiger partial charge in [-0.3, -0.25) is 10.1 Å². The molecule has 0 atom stereocenters. The minimum atomic E-state index is -2.11. The van der Waals surface area contributed by atoms with Crippen molar-refractivity contribution in [2.24, 2.45) is 0 Å². The zero-order valence-electron chi connectivity index (χ0n) is 27.7. The standard InChI is InChI=1S/C33H43FN6O5Si/c1-21(2)46(22(3)4,23(5)6)45-18-16-30-38-31(24-9-11-25(34)12-10-24)32(39(30)20-43-7)27-15-17-35-33(36-27)37-28-19-26(40(41)42)13-14-29(28)44-8/h9-15,17,19,21-23H,16,18,20H2,1-8H3,(H,35,36,37). The van der Waals surface area contributed by atoms with Crippen LogP contribution in [0.5, 0.6) is 5.75 Å². The summed E-state index contributed by atoms with van der Waals surface area (Å²) in [5.74, 6) is 0.968. The molecule has 0 unspecified atom stereocenters. The first-order chi connectivity index (χ1) is 21.9. The first-order valence-corrected chi connectivity index (χ1v) is 17.5. The van der Waals surface area contributed by atoms with Gasteiger partial charge in [-0.2, -0.15) is 0 Å². The highest BCUT2D eigenvalue weighted by Gasteiger charge is 2.45. The van der Waals surface area contributed by atoms with Crippen LogP contribution in [0, 0.1) is 15.9 Å². The maximum atomic E-state index is 14.0. The number of anilines is 2. The number of nitrogens with zero attached hydrogens (tertiary/aromatic N) is 5. The number of nitro benzene ring substituents is 1. The van der Waals surface area contributed by atoms with Crippen molar-refractivity contribution in [1.82, 2.24) is 19.5 Å². The largest absolute Gasteiger partial charge is 0.495 e. The van der Waals surface area contributed by atoms with Gasteiger partial charge in [0.15, 0.2) is 8.32 Å². The van der Waals surface area contributed by atoms with Crippen LogP contribution in [0.15, 0.2) is 54.7 Å². The van der Waals surface area contributed by atoms with E-state index in [0.29, 0.717) is 63.7 Å². The summed E-state index contributed by atoms with van der Waals surface area (Å²) in [5.41, 5.74) is 4.02. The first kappa shape index (κ1) is 34.7. The maximum absolute atomic E-state index is 14.0. The number of hydrogen-bond donors (Lipinski definition) is 1. The minimum absolute atomic E-state index is 0.109. The Morgan fingerprint density at radius 1 is 0.978 bits per heavy atom. The van der Waals surface area contributed by atoms with Gasteiger partial charge in [-0.05, 0) is 53.0 Å². The molecule has 0 fully saturated rings. The Hall–Kier alpha value is -4.20. The summed E-state index contributed by atoms with van der Waals surface area (Å²) < 4.78 is 33.8. The van der Waals surface area contributed by atoms with E-state index in [9.17, 15) is 14.5 Å². The van der Waals surface area contributed by atoms with Crippen LogP contribution in [0.25, 0.3) is 22.6 Å². The molecule has 0 aliphatic carbocycles. The third-order valence-corrected chi connectivity index (χ3v) is 14.5. The van der Waals surface area contributed by atoms with E-state index in [0.717, 1.165) is 5.82 Å². The van der Waals surface area contributed by atoms with Crippen molar-refractivity contribution in [3.05, 3.63) is 76.5 Å². The summed E-state index contributed by atoms with van der Waals surface area (Å²) in [7, 11) is 0.971. The molecule has 1 N–H and O–H groups in total. The molecule has 4 rings (SSSR count). The van der Waals surface area contributed by atoms with Crippen molar-refractivity contribution in [2.45, 2.75) is 71.3 Å². The molecule has 0 spiro atoms. The Balaban J connectivity index is 1.79. The lowest BCUT2D eigenvalue weighted by Gasteiger charge is -2.42.